The zero-order chi connectivity index (χ0) is 16.9. The van der Waals surface area contributed by atoms with E-state index in [1.807, 2.05) is 0 Å². The molecule has 0 radical (unpaired) electrons. The van der Waals surface area contributed by atoms with Crippen molar-refractivity contribution in [2.24, 2.45) is 5.92 Å². The number of rotatable bonds is 3. The van der Waals surface area contributed by atoms with E-state index < -0.39 is 5.54 Å². The molecule has 3 fully saturated rings. The number of hydrogen-bond donors (Lipinski definition) is 1. The number of benzene rings is 1. The molecular formula is C17H19ClFN3O2. The molecule has 1 aromatic rings. The standard InChI is InChI=1S/C17H19ClFN3O2/c18-13-3-4-14(19)12(7-13)9-21-6-5-17(10-21)8-15(23)20-22(17)16(24)11-1-2-11/h3-4,7,11H,1-2,5-6,8-10H2,(H,20,23). The van der Waals surface area contributed by atoms with Crippen LogP contribution in [0.4, 0.5) is 4.39 Å². The molecule has 1 saturated carbocycles. The SMILES string of the molecule is O=C1CC2(CCN(Cc3cc(Cl)ccc3F)C2)N(C(=O)C2CC2)N1. The van der Waals surface area contributed by atoms with E-state index in [9.17, 15) is 14.0 Å². The van der Waals surface area contributed by atoms with E-state index in [4.69, 9.17) is 11.6 Å². The Morgan fingerprint density at radius 2 is 2.21 bits per heavy atom. The summed E-state index contributed by atoms with van der Waals surface area (Å²) in [7, 11) is 0. The van der Waals surface area contributed by atoms with Crippen LogP contribution in [0.1, 0.15) is 31.2 Å². The summed E-state index contributed by atoms with van der Waals surface area (Å²) in [6.07, 6.45) is 2.84. The molecule has 1 aromatic carbocycles. The van der Waals surface area contributed by atoms with Crippen molar-refractivity contribution < 1.29 is 14.0 Å². The number of likely N-dealkylation sites (tertiary alicyclic amines) is 1. The molecule has 1 aliphatic carbocycles. The van der Waals surface area contributed by atoms with Gasteiger partial charge in [0, 0.05) is 36.1 Å². The molecule has 1 unspecified atom stereocenters. The summed E-state index contributed by atoms with van der Waals surface area (Å²) < 4.78 is 14.0. The Labute approximate surface area is 144 Å². The van der Waals surface area contributed by atoms with Crippen molar-refractivity contribution in [3.05, 3.63) is 34.6 Å². The molecular weight excluding hydrogens is 333 g/mol. The molecule has 0 aromatic heterocycles. The van der Waals surface area contributed by atoms with E-state index in [2.05, 4.69) is 10.3 Å². The van der Waals surface area contributed by atoms with Gasteiger partial charge in [0.15, 0.2) is 0 Å². The minimum atomic E-state index is -0.494. The lowest BCUT2D eigenvalue weighted by Crippen LogP contribution is -2.53. The van der Waals surface area contributed by atoms with Crippen LogP contribution in [0, 0.1) is 11.7 Å². The van der Waals surface area contributed by atoms with E-state index in [1.165, 1.54) is 12.1 Å². The lowest BCUT2D eigenvalue weighted by atomic mass is 9.94. The maximum absolute atomic E-state index is 14.0. The Kier molecular flexibility index (Phi) is 3.77. The molecule has 2 heterocycles. The van der Waals surface area contributed by atoms with Crippen LogP contribution in [0.2, 0.25) is 5.02 Å². The van der Waals surface area contributed by atoms with Crippen molar-refractivity contribution in [3.63, 3.8) is 0 Å². The molecule has 0 bridgehead atoms. The Morgan fingerprint density at radius 1 is 1.42 bits per heavy atom. The fourth-order valence-electron chi connectivity index (χ4n) is 3.77. The van der Waals surface area contributed by atoms with Crippen LogP contribution in [0.15, 0.2) is 18.2 Å². The summed E-state index contributed by atoms with van der Waals surface area (Å²) >= 11 is 5.96. The predicted octanol–water partition coefficient (Wildman–Crippen LogP) is 2.10. The van der Waals surface area contributed by atoms with Crippen LogP contribution in [-0.2, 0) is 16.1 Å². The van der Waals surface area contributed by atoms with Gasteiger partial charge in [-0.05, 0) is 37.5 Å². The second-order valence-electron chi connectivity index (χ2n) is 7.08. The molecule has 1 atom stereocenters. The highest BCUT2D eigenvalue weighted by Gasteiger charge is 2.53. The van der Waals surface area contributed by atoms with Crippen molar-refractivity contribution in [1.29, 1.82) is 0 Å². The number of hydrazine groups is 1. The molecule has 1 spiro atoms. The minimum Gasteiger partial charge on any atom is -0.296 e. The first-order valence-electron chi connectivity index (χ1n) is 8.27. The summed E-state index contributed by atoms with van der Waals surface area (Å²) in [6, 6.07) is 4.53. The summed E-state index contributed by atoms with van der Waals surface area (Å²) in [5.74, 6) is -0.317. The molecule has 128 valence electrons. The molecule has 3 aliphatic rings. The molecule has 2 saturated heterocycles. The lowest BCUT2D eigenvalue weighted by Gasteiger charge is -2.33. The van der Waals surface area contributed by atoms with Crippen molar-refractivity contribution in [1.82, 2.24) is 15.3 Å². The normalized spacial score (nSPS) is 27.1. The van der Waals surface area contributed by atoms with Gasteiger partial charge in [-0.3, -0.25) is 19.9 Å². The van der Waals surface area contributed by atoms with E-state index >= 15 is 0 Å². The van der Waals surface area contributed by atoms with Gasteiger partial charge in [0.2, 0.25) is 11.8 Å². The van der Waals surface area contributed by atoms with E-state index in [0.717, 1.165) is 19.4 Å². The van der Waals surface area contributed by atoms with Gasteiger partial charge in [-0.15, -0.1) is 0 Å². The van der Waals surface area contributed by atoms with Crippen LogP contribution in [-0.4, -0.2) is 40.4 Å². The second-order valence-corrected chi connectivity index (χ2v) is 7.52. The zero-order valence-corrected chi connectivity index (χ0v) is 14.0. The lowest BCUT2D eigenvalue weighted by molar-refractivity contribution is -0.142. The molecule has 7 heteroatoms. The average Bonchev–Trinajstić information content (AvgIpc) is 3.24. The third-order valence-corrected chi connectivity index (χ3v) is 5.40. The molecule has 24 heavy (non-hydrogen) atoms. The minimum absolute atomic E-state index is 0.0247. The fourth-order valence-corrected chi connectivity index (χ4v) is 3.96. The van der Waals surface area contributed by atoms with Crippen molar-refractivity contribution in [2.45, 2.75) is 37.8 Å². The topological polar surface area (TPSA) is 52.7 Å². The number of amides is 2. The number of nitrogens with one attached hydrogen (secondary N) is 1. The first-order valence-corrected chi connectivity index (χ1v) is 8.64. The smallest absolute Gasteiger partial charge is 0.244 e. The zero-order valence-electron chi connectivity index (χ0n) is 13.2. The molecule has 1 N–H and O–H groups in total. The number of halogens is 2. The van der Waals surface area contributed by atoms with Crippen LogP contribution in [0.3, 0.4) is 0 Å². The van der Waals surface area contributed by atoms with E-state index in [1.54, 1.807) is 11.1 Å². The third-order valence-electron chi connectivity index (χ3n) is 5.16. The first kappa shape index (κ1) is 15.8. The van der Waals surface area contributed by atoms with Gasteiger partial charge < -0.3 is 0 Å². The van der Waals surface area contributed by atoms with Gasteiger partial charge in [0.1, 0.15) is 5.82 Å². The number of carbonyl (C=O) groups is 2. The van der Waals surface area contributed by atoms with Gasteiger partial charge in [0.05, 0.1) is 12.0 Å². The maximum Gasteiger partial charge on any atom is 0.244 e. The number of carbonyl (C=O) groups excluding carboxylic acids is 2. The summed E-state index contributed by atoms with van der Waals surface area (Å²) in [5, 5.41) is 2.07. The Morgan fingerprint density at radius 3 is 2.96 bits per heavy atom. The average molecular weight is 352 g/mol. The predicted molar refractivity (Wildman–Crippen MR) is 86.4 cm³/mol. The van der Waals surface area contributed by atoms with Crippen LogP contribution < -0.4 is 5.43 Å². The van der Waals surface area contributed by atoms with E-state index in [-0.39, 0.29) is 23.5 Å². The Bertz CT molecular complexity index is 709. The monoisotopic (exact) mass is 351 g/mol. The maximum atomic E-state index is 14.0. The van der Waals surface area contributed by atoms with Crippen molar-refractivity contribution in [2.75, 3.05) is 13.1 Å². The van der Waals surface area contributed by atoms with Gasteiger partial charge in [-0.1, -0.05) is 11.6 Å². The summed E-state index contributed by atoms with van der Waals surface area (Å²) in [4.78, 5) is 26.5. The van der Waals surface area contributed by atoms with Gasteiger partial charge in [-0.25, -0.2) is 9.40 Å². The highest BCUT2D eigenvalue weighted by molar-refractivity contribution is 6.30. The summed E-state index contributed by atoms with van der Waals surface area (Å²) in [6.45, 7) is 1.71. The largest absolute Gasteiger partial charge is 0.296 e. The number of hydrogen-bond acceptors (Lipinski definition) is 3. The van der Waals surface area contributed by atoms with Crippen LogP contribution in [0.25, 0.3) is 0 Å². The third kappa shape index (κ3) is 2.78. The molecule has 2 amide bonds. The van der Waals surface area contributed by atoms with Gasteiger partial charge in [-0.2, -0.15) is 0 Å². The Balaban J connectivity index is 1.51. The van der Waals surface area contributed by atoms with Crippen LogP contribution in [0.5, 0.6) is 0 Å². The van der Waals surface area contributed by atoms with Crippen molar-refractivity contribution in [3.8, 4) is 0 Å². The first-order chi connectivity index (χ1) is 11.5. The van der Waals surface area contributed by atoms with E-state index in [0.29, 0.717) is 36.5 Å². The molecule has 5 nitrogen and oxygen atoms in total. The summed E-state index contributed by atoms with van der Waals surface area (Å²) in [5.41, 5.74) is 2.78. The second kappa shape index (κ2) is 5.70. The quantitative estimate of drug-likeness (QED) is 0.907. The highest BCUT2D eigenvalue weighted by atomic mass is 35.5. The van der Waals surface area contributed by atoms with Crippen molar-refractivity contribution >= 4 is 23.4 Å². The Hall–Kier alpha value is -1.66. The highest BCUT2D eigenvalue weighted by Crippen LogP contribution is 2.39. The molecule has 4 rings (SSSR count). The van der Waals surface area contributed by atoms with Crippen LogP contribution >= 0.6 is 11.6 Å². The van der Waals surface area contributed by atoms with Gasteiger partial charge >= 0.3 is 0 Å². The van der Waals surface area contributed by atoms with Gasteiger partial charge in [0.25, 0.3) is 0 Å². The number of nitrogens with zero attached hydrogens (tertiary/aromatic N) is 2. The fraction of sp³-hybridized carbons (Fsp3) is 0.529. The molecule has 2 aliphatic heterocycles.